The van der Waals surface area contributed by atoms with E-state index in [1.807, 2.05) is 13.8 Å². The lowest BCUT2D eigenvalue weighted by molar-refractivity contribution is 0.147. The van der Waals surface area contributed by atoms with Crippen LogP contribution in [0.4, 0.5) is 11.6 Å². The van der Waals surface area contributed by atoms with Crippen LogP contribution in [0.25, 0.3) is 0 Å². The van der Waals surface area contributed by atoms with Gasteiger partial charge in [0, 0.05) is 25.3 Å². The molecule has 6 heteroatoms. The normalized spacial score (nSPS) is 10.2. The van der Waals surface area contributed by atoms with E-state index in [-0.39, 0.29) is 0 Å². The molecule has 0 fully saturated rings. The Kier molecular flexibility index (Phi) is 5.52. The fraction of sp³-hybridized carbons (Fsp3) is 0.600. The van der Waals surface area contributed by atoms with Gasteiger partial charge in [0.1, 0.15) is 18.0 Å². The van der Waals surface area contributed by atoms with E-state index < -0.39 is 0 Å². The van der Waals surface area contributed by atoms with Gasteiger partial charge in [0.25, 0.3) is 0 Å². The van der Waals surface area contributed by atoms with Gasteiger partial charge in [-0.05, 0) is 20.3 Å². The molecule has 0 aliphatic rings. The molecule has 0 atom stereocenters. The molecule has 0 aromatic carbocycles. The first-order valence-electron chi connectivity index (χ1n) is 5.39. The Labute approximate surface area is 95.6 Å². The van der Waals surface area contributed by atoms with E-state index in [0.717, 1.165) is 37.6 Å². The first kappa shape index (κ1) is 12.7. The summed E-state index contributed by atoms with van der Waals surface area (Å²) in [5, 5.41) is 3.22. The number of nitrogens with zero attached hydrogens (tertiary/aromatic N) is 2. The van der Waals surface area contributed by atoms with Crippen molar-refractivity contribution in [3.8, 4) is 0 Å². The Morgan fingerprint density at radius 1 is 1.38 bits per heavy atom. The molecule has 1 aromatic heterocycles. The summed E-state index contributed by atoms with van der Waals surface area (Å²) in [5.74, 6) is 6.77. The van der Waals surface area contributed by atoms with Crippen LogP contribution in [0.3, 0.4) is 0 Å². The largest absolute Gasteiger partial charge is 0.382 e. The first-order valence-corrected chi connectivity index (χ1v) is 5.39. The average Bonchev–Trinajstić information content (AvgIpc) is 2.31. The zero-order valence-corrected chi connectivity index (χ0v) is 9.79. The minimum absolute atomic E-state index is 0.641. The maximum atomic E-state index is 5.33. The highest BCUT2D eigenvalue weighted by Gasteiger charge is 2.04. The van der Waals surface area contributed by atoms with E-state index in [1.54, 1.807) is 0 Å². The maximum Gasteiger partial charge on any atom is 0.148 e. The highest BCUT2D eigenvalue weighted by atomic mass is 16.5. The summed E-state index contributed by atoms with van der Waals surface area (Å²) in [6, 6.07) is 0. The molecule has 0 bridgehead atoms. The topological polar surface area (TPSA) is 85.1 Å². The number of ether oxygens (including phenoxy) is 1. The molecule has 16 heavy (non-hydrogen) atoms. The summed E-state index contributed by atoms with van der Waals surface area (Å²) in [6.07, 6.45) is 2.43. The number of hydrazine groups is 1. The second kappa shape index (κ2) is 6.97. The molecule has 0 amide bonds. The van der Waals surface area contributed by atoms with E-state index in [0.29, 0.717) is 5.82 Å². The fourth-order valence-corrected chi connectivity index (χ4v) is 1.30. The standard InChI is InChI=1S/C10H19N5O/c1-3-16-6-4-5-12-9-8(2)10(15-11)14-7-13-9/h7H,3-6,11H2,1-2H3,(H2,12,13,14,15). The van der Waals surface area contributed by atoms with Gasteiger partial charge in [-0.15, -0.1) is 0 Å². The van der Waals surface area contributed by atoms with Gasteiger partial charge in [-0.2, -0.15) is 0 Å². The van der Waals surface area contributed by atoms with Crippen molar-refractivity contribution in [3.05, 3.63) is 11.9 Å². The lowest BCUT2D eigenvalue weighted by Crippen LogP contribution is -2.13. The minimum atomic E-state index is 0.641. The van der Waals surface area contributed by atoms with E-state index in [4.69, 9.17) is 10.6 Å². The van der Waals surface area contributed by atoms with Crippen LogP contribution in [0, 0.1) is 6.92 Å². The third-order valence-corrected chi connectivity index (χ3v) is 2.18. The number of hydrogen-bond donors (Lipinski definition) is 3. The zero-order chi connectivity index (χ0) is 11.8. The smallest absolute Gasteiger partial charge is 0.148 e. The number of nitrogens with one attached hydrogen (secondary N) is 2. The molecule has 0 saturated heterocycles. The zero-order valence-electron chi connectivity index (χ0n) is 9.79. The van der Waals surface area contributed by atoms with Crippen molar-refractivity contribution < 1.29 is 4.74 Å². The van der Waals surface area contributed by atoms with Gasteiger partial charge in [0.2, 0.25) is 0 Å². The third kappa shape index (κ3) is 3.63. The van der Waals surface area contributed by atoms with E-state index in [1.165, 1.54) is 6.33 Å². The van der Waals surface area contributed by atoms with Crippen LogP contribution in [-0.4, -0.2) is 29.7 Å². The van der Waals surface area contributed by atoms with E-state index in [9.17, 15) is 0 Å². The van der Waals surface area contributed by atoms with Crippen LogP contribution >= 0.6 is 0 Å². The molecular weight excluding hydrogens is 206 g/mol. The monoisotopic (exact) mass is 225 g/mol. The number of hydrogen-bond acceptors (Lipinski definition) is 6. The predicted octanol–water partition coefficient (Wildman–Crippen LogP) is 0.909. The van der Waals surface area contributed by atoms with Crippen molar-refractivity contribution in [1.29, 1.82) is 0 Å². The first-order chi connectivity index (χ1) is 7.79. The van der Waals surface area contributed by atoms with Crippen molar-refractivity contribution in [2.24, 2.45) is 5.84 Å². The van der Waals surface area contributed by atoms with Crippen LogP contribution in [-0.2, 0) is 4.74 Å². The molecule has 6 nitrogen and oxygen atoms in total. The summed E-state index contributed by atoms with van der Waals surface area (Å²) in [5.41, 5.74) is 3.45. The van der Waals surface area contributed by atoms with Crippen LogP contribution in [0.15, 0.2) is 6.33 Å². The van der Waals surface area contributed by atoms with Crippen molar-refractivity contribution in [3.63, 3.8) is 0 Å². The SMILES string of the molecule is CCOCCCNc1ncnc(NN)c1C. The van der Waals surface area contributed by atoms with Gasteiger partial charge in [-0.3, -0.25) is 0 Å². The summed E-state index contributed by atoms with van der Waals surface area (Å²) < 4.78 is 5.24. The van der Waals surface area contributed by atoms with Crippen LogP contribution in [0.2, 0.25) is 0 Å². The van der Waals surface area contributed by atoms with Crippen molar-refractivity contribution in [1.82, 2.24) is 9.97 Å². The van der Waals surface area contributed by atoms with Crippen LogP contribution < -0.4 is 16.6 Å². The summed E-state index contributed by atoms with van der Waals surface area (Å²) >= 11 is 0. The quantitative estimate of drug-likeness (QED) is 0.363. The predicted molar refractivity (Wildman–Crippen MR) is 64.2 cm³/mol. The number of anilines is 2. The molecule has 0 radical (unpaired) electrons. The second-order valence-corrected chi connectivity index (χ2v) is 3.32. The van der Waals surface area contributed by atoms with Crippen LogP contribution in [0.1, 0.15) is 18.9 Å². The van der Waals surface area contributed by atoms with Gasteiger partial charge >= 0.3 is 0 Å². The molecule has 1 rings (SSSR count). The fourth-order valence-electron chi connectivity index (χ4n) is 1.30. The van der Waals surface area contributed by atoms with E-state index in [2.05, 4.69) is 20.7 Å². The van der Waals surface area contributed by atoms with Gasteiger partial charge in [0.15, 0.2) is 0 Å². The highest BCUT2D eigenvalue weighted by Crippen LogP contribution is 2.16. The Bertz CT molecular complexity index is 318. The molecule has 1 aromatic rings. The lowest BCUT2D eigenvalue weighted by atomic mass is 10.3. The lowest BCUT2D eigenvalue weighted by Gasteiger charge is -2.10. The summed E-state index contributed by atoms with van der Waals surface area (Å²) in [4.78, 5) is 8.15. The van der Waals surface area contributed by atoms with Gasteiger partial charge in [0.05, 0.1) is 0 Å². The molecule has 0 aliphatic heterocycles. The molecule has 4 N–H and O–H groups in total. The number of nitrogen functional groups attached to an aromatic ring is 1. The van der Waals surface area contributed by atoms with Gasteiger partial charge < -0.3 is 15.5 Å². The molecule has 90 valence electrons. The summed E-state index contributed by atoms with van der Waals surface area (Å²) in [6.45, 7) is 6.24. The van der Waals surface area contributed by atoms with Crippen molar-refractivity contribution in [2.45, 2.75) is 20.3 Å². The molecule has 0 spiro atoms. The Balaban J connectivity index is 2.41. The van der Waals surface area contributed by atoms with Crippen LogP contribution in [0.5, 0.6) is 0 Å². The third-order valence-electron chi connectivity index (χ3n) is 2.18. The molecule has 0 saturated carbocycles. The Morgan fingerprint density at radius 3 is 2.81 bits per heavy atom. The van der Waals surface area contributed by atoms with Gasteiger partial charge in [-0.25, -0.2) is 15.8 Å². The number of nitrogens with two attached hydrogens (primary N) is 1. The average molecular weight is 225 g/mol. The second-order valence-electron chi connectivity index (χ2n) is 3.32. The summed E-state index contributed by atoms with van der Waals surface area (Å²) in [7, 11) is 0. The Morgan fingerprint density at radius 2 is 2.12 bits per heavy atom. The number of rotatable bonds is 7. The number of aromatic nitrogens is 2. The molecular formula is C10H19N5O. The molecule has 1 heterocycles. The molecule has 0 aliphatic carbocycles. The molecule has 0 unspecified atom stereocenters. The van der Waals surface area contributed by atoms with Crippen molar-refractivity contribution in [2.75, 3.05) is 30.5 Å². The maximum absolute atomic E-state index is 5.33. The Hall–Kier alpha value is -1.40. The minimum Gasteiger partial charge on any atom is -0.382 e. The van der Waals surface area contributed by atoms with Crippen molar-refractivity contribution >= 4 is 11.6 Å². The highest BCUT2D eigenvalue weighted by molar-refractivity contribution is 5.55. The van der Waals surface area contributed by atoms with E-state index >= 15 is 0 Å². The van der Waals surface area contributed by atoms with Gasteiger partial charge in [-0.1, -0.05) is 0 Å².